The van der Waals surface area contributed by atoms with Gasteiger partial charge < -0.3 is 14.4 Å². The van der Waals surface area contributed by atoms with Crippen LogP contribution in [0.15, 0.2) is 54.6 Å². The number of alkyl halides is 2. The monoisotopic (exact) mass is 430 g/mol. The molecule has 0 fully saturated rings. The minimum absolute atomic E-state index is 0.0364. The van der Waals surface area contributed by atoms with Gasteiger partial charge in [0.1, 0.15) is 0 Å². The molecule has 1 aliphatic rings. The van der Waals surface area contributed by atoms with Crippen molar-refractivity contribution in [1.82, 2.24) is 4.90 Å². The molecule has 0 aliphatic carbocycles. The summed E-state index contributed by atoms with van der Waals surface area (Å²) in [4.78, 5) is 24.8. The summed E-state index contributed by atoms with van der Waals surface area (Å²) in [6, 6.07) is 11.9. The predicted molar refractivity (Wildman–Crippen MR) is 111 cm³/mol. The number of carbonyl (C=O) groups excluding carboxylic acids is 1. The van der Waals surface area contributed by atoms with Gasteiger partial charge in [-0.05, 0) is 29.7 Å². The number of nitro groups is 1. The van der Waals surface area contributed by atoms with Crippen LogP contribution in [0.4, 0.5) is 14.5 Å². The Hall–Kier alpha value is -3.75. The first-order valence-electron chi connectivity index (χ1n) is 9.41. The van der Waals surface area contributed by atoms with Crippen molar-refractivity contribution in [2.24, 2.45) is 0 Å². The Labute approximate surface area is 177 Å². The van der Waals surface area contributed by atoms with E-state index in [9.17, 15) is 23.7 Å². The smallest absolute Gasteiger partial charge is 0.387 e. The lowest BCUT2D eigenvalue weighted by atomic mass is 9.99. The van der Waals surface area contributed by atoms with E-state index in [4.69, 9.17) is 4.74 Å². The van der Waals surface area contributed by atoms with Crippen molar-refractivity contribution in [2.75, 3.05) is 20.2 Å². The van der Waals surface area contributed by atoms with Gasteiger partial charge in [-0.15, -0.1) is 0 Å². The first kappa shape index (κ1) is 21.9. The number of carbonyl (C=O) groups is 1. The fourth-order valence-electron chi connectivity index (χ4n) is 3.25. The topological polar surface area (TPSA) is 81.9 Å². The van der Waals surface area contributed by atoms with E-state index in [1.807, 2.05) is 36.4 Å². The van der Waals surface area contributed by atoms with Crippen molar-refractivity contribution >= 4 is 23.2 Å². The van der Waals surface area contributed by atoms with Gasteiger partial charge in [-0.3, -0.25) is 14.9 Å². The summed E-state index contributed by atoms with van der Waals surface area (Å²) < 4.78 is 34.4. The molecule has 1 aliphatic heterocycles. The highest BCUT2D eigenvalue weighted by molar-refractivity contribution is 5.93. The zero-order valence-corrected chi connectivity index (χ0v) is 16.7. The molecular weight excluding hydrogens is 410 g/mol. The highest BCUT2D eigenvalue weighted by Crippen LogP contribution is 2.36. The molecule has 0 bridgehead atoms. The molecule has 31 heavy (non-hydrogen) atoms. The van der Waals surface area contributed by atoms with Crippen LogP contribution in [0.5, 0.6) is 11.5 Å². The van der Waals surface area contributed by atoms with Crippen LogP contribution in [-0.4, -0.2) is 42.5 Å². The van der Waals surface area contributed by atoms with E-state index in [0.29, 0.717) is 19.5 Å². The number of hydrogen-bond acceptors (Lipinski definition) is 5. The molecule has 0 aromatic heterocycles. The highest BCUT2D eigenvalue weighted by Gasteiger charge is 2.21. The van der Waals surface area contributed by atoms with Gasteiger partial charge >= 0.3 is 6.61 Å². The van der Waals surface area contributed by atoms with Crippen molar-refractivity contribution in [2.45, 2.75) is 13.0 Å². The lowest BCUT2D eigenvalue weighted by Crippen LogP contribution is -2.33. The standard InChI is InChI=1S/C22H20F2N2O5/c1-30-19-13-17(18(26(28)29)14-20(19)31-22(23)24)7-8-21(27)25-11-9-16(10-12-25)15-5-3-2-4-6-15/h2-9,13-14,22H,10-12H2,1H3. The van der Waals surface area contributed by atoms with Gasteiger partial charge in [0.15, 0.2) is 11.5 Å². The summed E-state index contributed by atoms with van der Waals surface area (Å²) in [5.74, 6) is -0.877. The van der Waals surface area contributed by atoms with E-state index >= 15 is 0 Å². The lowest BCUT2D eigenvalue weighted by Gasteiger charge is -2.25. The van der Waals surface area contributed by atoms with Gasteiger partial charge in [0, 0.05) is 19.2 Å². The Morgan fingerprint density at radius 3 is 2.55 bits per heavy atom. The molecule has 0 radical (unpaired) electrons. The summed E-state index contributed by atoms with van der Waals surface area (Å²) in [5, 5.41) is 11.4. The Morgan fingerprint density at radius 1 is 1.23 bits per heavy atom. The third-order valence-electron chi connectivity index (χ3n) is 4.80. The van der Waals surface area contributed by atoms with Crippen LogP contribution >= 0.6 is 0 Å². The summed E-state index contributed by atoms with van der Waals surface area (Å²) >= 11 is 0. The van der Waals surface area contributed by atoms with Gasteiger partial charge in [-0.2, -0.15) is 8.78 Å². The van der Waals surface area contributed by atoms with Crippen LogP contribution in [0, 0.1) is 10.1 Å². The predicted octanol–water partition coefficient (Wildman–Crippen LogP) is 4.53. The van der Waals surface area contributed by atoms with Crippen LogP contribution in [0.2, 0.25) is 0 Å². The Bertz CT molecular complexity index is 1020. The summed E-state index contributed by atoms with van der Waals surface area (Å²) in [6.07, 6.45) is 5.16. The number of methoxy groups -OCH3 is 1. The van der Waals surface area contributed by atoms with Gasteiger partial charge in [-0.1, -0.05) is 36.4 Å². The third kappa shape index (κ3) is 5.44. The number of rotatable bonds is 7. The maximum Gasteiger partial charge on any atom is 0.387 e. The maximum absolute atomic E-state index is 12.5. The van der Waals surface area contributed by atoms with Crippen LogP contribution in [0.25, 0.3) is 11.6 Å². The van der Waals surface area contributed by atoms with Gasteiger partial charge in [-0.25, -0.2) is 0 Å². The average molecular weight is 430 g/mol. The molecule has 0 saturated carbocycles. The van der Waals surface area contributed by atoms with Crippen molar-refractivity contribution in [3.05, 3.63) is 75.9 Å². The molecule has 0 atom stereocenters. The fraction of sp³-hybridized carbons (Fsp3) is 0.227. The zero-order valence-electron chi connectivity index (χ0n) is 16.7. The van der Waals surface area contributed by atoms with E-state index in [0.717, 1.165) is 17.2 Å². The van der Waals surface area contributed by atoms with Gasteiger partial charge in [0.25, 0.3) is 5.69 Å². The summed E-state index contributed by atoms with van der Waals surface area (Å²) in [5.41, 5.74) is 1.82. The lowest BCUT2D eigenvalue weighted by molar-refractivity contribution is -0.385. The number of nitro benzene ring substituents is 1. The molecule has 0 spiro atoms. The van der Waals surface area contributed by atoms with Gasteiger partial charge in [0.05, 0.1) is 23.7 Å². The molecule has 162 valence electrons. The summed E-state index contributed by atoms with van der Waals surface area (Å²) in [6.45, 7) is -2.24. The quantitative estimate of drug-likeness (QED) is 0.366. The number of nitrogens with zero attached hydrogens (tertiary/aromatic N) is 2. The first-order valence-corrected chi connectivity index (χ1v) is 9.41. The van der Waals surface area contributed by atoms with Crippen LogP contribution in [-0.2, 0) is 4.79 Å². The molecule has 9 heteroatoms. The fourth-order valence-corrected chi connectivity index (χ4v) is 3.25. The molecule has 1 amide bonds. The summed E-state index contributed by atoms with van der Waals surface area (Å²) in [7, 11) is 1.22. The number of ether oxygens (including phenoxy) is 2. The van der Waals surface area contributed by atoms with Crippen molar-refractivity contribution < 1.29 is 28.0 Å². The number of amides is 1. The molecule has 0 unspecified atom stereocenters. The zero-order chi connectivity index (χ0) is 22.4. The van der Waals surface area contributed by atoms with E-state index < -0.39 is 23.0 Å². The van der Waals surface area contributed by atoms with E-state index in [1.165, 1.54) is 25.3 Å². The molecule has 0 saturated heterocycles. The van der Waals surface area contributed by atoms with E-state index in [1.54, 1.807) is 4.90 Å². The molecule has 2 aromatic rings. The van der Waals surface area contributed by atoms with Crippen LogP contribution < -0.4 is 9.47 Å². The van der Waals surface area contributed by atoms with E-state index in [-0.39, 0.29) is 17.2 Å². The van der Waals surface area contributed by atoms with Crippen molar-refractivity contribution in [3.8, 4) is 11.5 Å². The number of benzene rings is 2. The second kappa shape index (κ2) is 9.84. The molecule has 0 N–H and O–H groups in total. The molecule has 3 rings (SSSR count). The Morgan fingerprint density at radius 2 is 1.97 bits per heavy atom. The second-order valence-corrected chi connectivity index (χ2v) is 6.66. The highest BCUT2D eigenvalue weighted by atomic mass is 19.3. The Kier molecular flexibility index (Phi) is 6.96. The van der Waals surface area contributed by atoms with Crippen molar-refractivity contribution in [1.29, 1.82) is 0 Å². The normalized spacial score (nSPS) is 13.9. The minimum Gasteiger partial charge on any atom is -0.493 e. The average Bonchev–Trinajstić information content (AvgIpc) is 2.78. The number of hydrogen-bond donors (Lipinski definition) is 0. The molecule has 2 aromatic carbocycles. The van der Waals surface area contributed by atoms with Crippen LogP contribution in [0.1, 0.15) is 17.5 Å². The molecular formula is C22H20F2N2O5. The minimum atomic E-state index is -3.16. The molecule has 7 nitrogen and oxygen atoms in total. The van der Waals surface area contributed by atoms with Crippen LogP contribution in [0.3, 0.4) is 0 Å². The Balaban J connectivity index is 1.77. The number of halogens is 2. The third-order valence-corrected chi connectivity index (χ3v) is 4.80. The molecule has 1 heterocycles. The SMILES string of the molecule is COc1cc(C=CC(=O)N2CC=C(c3ccccc3)CC2)c([N+](=O)[O-])cc1OC(F)F. The van der Waals surface area contributed by atoms with Gasteiger partial charge in [0.2, 0.25) is 5.91 Å². The van der Waals surface area contributed by atoms with E-state index in [2.05, 4.69) is 4.74 Å². The largest absolute Gasteiger partial charge is 0.493 e. The van der Waals surface area contributed by atoms with Crippen molar-refractivity contribution in [3.63, 3.8) is 0 Å². The second-order valence-electron chi connectivity index (χ2n) is 6.66. The first-order chi connectivity index (χ1) is 14.9. The maximum atomic E-state index is 12.5.